The minimum atomic E-state index is 0. The van der Waals surface area contributed by atoms with E-state index in [9.17, 15) is 0 Å². The molecule has 1 aromatic carbocycles. The van der Waals surface area contributed by atoms with Gasteiger partial charge in [0, 0.05) is 29.2 Å². The lowest BCUT2D eigenvalue weighted by atomic mass is 9.88. The normalized spacial score (nSPS) is 18.5. The summed E-state index contributed by atoms with van der Waals surface area (Å²) in [6.45, 7) is 4.49. The van der Waals surface area contributed by atoms with Crippen molar-refractivity contribution in [2.75, 3.05) is 13.7 Å². The SMILES string of the molecule is C[CH][C@H](NCC1CCCCC1)c1c2n(c3ccc(OC)cc13)CCC2.Cl. The highest BCUT2D eigenvalue weighted by Gasteiger charge is 2.26. The Labute approximate surface area is 163 Å². The Morgan fingerprint density at radius 3 is 2.77 bits per heavy atom. The summed E-state index contributed by atoms with van der Waals surface area (Å²) < 4.78 is 8.04. The molecule has 26 heavy (non-hydrogen) atoms. The maximum atomic E-state index is 5.51. The van der Waals surface area contributed by atoms with E-state index < -0.39 is 0 Å². The van der Waals surface area contributed by atoms with Crippen LogP contribution >= 0.6 is 12.4 Å². The van der Waals surface area contributed by atoms with Gasteiger partial charge in [-0.25, -0.2) is 0 Å². The van der Waals surface area contributed by atoms with Gasteiger partial charge in [0.25, 0.3) is 0 Å². The van der Waals surface area contributed by atoms with Crippen molar-refractivity contribution in [2.24, 2.45) is 5.92 Å². The molecule has 0 bridgehead atoms. The van der Waals surface area contributed by atoms with Gasteiger partial charge >= 0.3 is 0 Å². The Hall–Kier alpha value is -1.19. The summed E-state index contributed by atoms with van der Waals surface area (Å²) in [5, 5.41) is 5.26. The van der Waals surface area contributed by atoms with Gasteiger partial charge in [-0.2, -0.15) is 0 Å². The summed E-state index contributed by atoms with van der Waals surface area (Å²) >= 11 is 0. The van der Waals surface area contributed by atoms with E-state index in [0.717, 1.165) is 24.8 Å². The molecule has 1 aliphatic heterocycles. The lowest BCUT2D eigenvalue weighted by Gasteiger charge is -2.25. The molecule has 3 nitrogen and oxygen atoms in total. The number of hydrogen-bond acceptors (Lipinski definition) is 2. The second-order valence-corrected chi connectivity index (χ2v) is 7.72. The molecule has 1 radical (unpaired) electrons. The highest BCUT2D eigenvalue weighted by Crippen LogP contribution is 2.38. The fourth-order valence-corrected chi connectivity index (χ4v) is 4.89. The van der Waals surface area contributed by atoms with E-state index in [-0.39, 0.29) is 12.4 Å². The van der Waals surface area contributed by atoms with E-state index in [1.54, 1.807) is 7.11 Å². The second-order valence-electron chi connectivity index (χ2n) is 7.72. The van der Waals surface area contributed by atoms with Crippen LogP contribution in [-0.2, 0) is 13.0 Å². The van der Waals surface area contributed by atoms with Crippen LogP contribution in [0.1, 0.15) is 62.7 Å². The average Bonchev–Trinajstić information content (AvgIpc) is 3.24. The van der Waals surface area contributed by atoms with Gasteiger partial charge in [0.2, 0.25) is 0 Å². The molecule has 1 aromatic heterocycles. The van der Waals surface area contributed by atoms with Crippen LogP contribution in [0.25, 0.3) is 10.9 Å². The molecular formula is C22H32ClN2O. The number of fused-ring (bicyclic) bond motifs is 3. The Kier molecular flexibility index (Phi) is 6.52. The van der Waals surface area contributed by atoms with Crippen LogP contribution in [0, 0.1) is 12.3 Å². The Morgan fingerprint density at radius 1 is 1.23 bits per heavy atom. The molecule has 1 N–H and O–H groups in total. The van der Waals surface area contributed by atoms with Crippen molar-refractivity contribution in [3.05, 3.63) is 35.9 Å². The number of aryl methyl sites for hydroxylation is 1. The number of ether oxygens (including phenoxy) is 1. The first-order chi connectivity index (χ1) is 12.3. The topological polar surface area (TPSA) is 26.2 Å². The van der Waals surface area contributed by atoms with E-state index in [0.29, 0.717) is 6.04 Å². The Bertz CT molecular complexity index is 733. The van der Waals surface area contributed by atoms with Gasteiger partial charge in [-0.05, 0) is 68.3 Å². The molecule has 1 aliphatic carbocycles. The monoisotopic (exact) mass is 375 g/mol. The minimum absolute atomic E-state index is 0. The highest BCUT2D eigenvalue weighted by atomic mass is 35.5. The standard InChI is InChI=1S/C22H31N2O.ClH/c1-3-19(23-15-16-8-5-4-6-9-16)22-18-14-17(25-2)11-12-20(18)24-13-7-10-21(22)24;/h3,11-12,14,16,19,23H,4-10,13,15H2,1-2H3;1H/t19-;/m0./s1. The molecule has 0 amide bonds. The molecule has 1 saturated carbocycles. The molecule has 2 aromatic rings. The molecule has 4 heteroatoms. The van der Waals surface area contributed by atoms with Gasteiger partial charge in [-0.1, -0.05) is 26.2 Å². The maximum Gasteiger partial charge on any atom is 0.119 e. The first kappa shape index (κ1) is 19.6. The molecule has 1 atom stereocenters. The summed E-state index contributed by atoms with van der Waals surface area (Å²) in [7, 11) is 1.76. The number of methoxy groups -OCH3 is 1. The third kappa shape index (κ3) is 3.61. The number of nitrogens with one attached hydrogen (secondary N) is 1. The molecule has 0 unspecified atom stereocenters. The van der Waals surface area contributed by atoms with Crippen LogP contribution in [0.2, 0.25) is 0 Å². The Balaban J connectivity index is 0.00000196. The van der Waals surface area contributed by atoms with Crippen LogP contribution in [0.4, 0.5) is 0 Å². The van der Waals surface area contributed by atoms with E-state index in [1.165, 1.54) is 67.1 Å². The van der Waals surface area contributed by atoms with Crippen LogP contribution < -0.4 is 10.1 Å². The number of rotatable bonds is 6. The van der Waals surface area contributed by atoms with Crippen molar-refractivity contribution in [1.29, 1.82) is 0 Å². The number of nitrogens with zero attached hydrogens (tertiary/aromatic N) is 1. The second kappa shape index (κ2) is 8.67. The van der Waals surface area contributed by atoms with Crippen LogP contribution in [-0.4, -0.2) is 18.2 Å². The van der Waals surface area contributed by atoms with Crippen molar-refractivity contribution in [3.63, 3.8) is 0 Å². The zero-order valence-electron chi connectivity index (χ0n) is 16.1. The highest BCUT2D eigenvalue weighted by molar-refractivity contribution is 5.88. The van der Waals surface area contributed by atoms with Gasteiger partial charge in [0.15, 0.2) is 0 Å². The first-order valence-electron chi connectivity index (χ1n) is 10.0. The van der Waals surface area contributed by atoms with Crippen molar-refractivity contribution in [2.45, 2.75) is 64.5 Å². The number of halogens is 1. The van der Waals surface area contributed by atoms with E-state index in [2.05, 4.69) is 41.4 Å². The number of aromatic nitrogens is 1. The lowest BCUT2D eigenvalue weighted by molar-refractivity contribution is 0.333. The molecule has 0 spiro atoms. The van der Waals surface area contributed by atoms with Gasteiger partial charge in [-0.15, -0.1) is 12.4 Å². The van der Waals surface area contributed by atoms with Gasteiger partial charge in [0.1, 0.15) is 5.75 Å². The number of benzene rings is 1. The maximum absolute atomic E-state index is 5.51. The zero-order chi connectivity index (χ0) is 17.2. The lowest BCUT2D eigenvalue weighted by Crippen LogP contribution is -2.29. The number of hydrogen-bond donors (Lipinski definition) is 1. The fraction of sp³-hybridized carbons (Fsp3) is 0.591. The summed E-state index contributed by atoms with van der Waals surface area (Å²) in [6.07, 6.45) is 11.8. The molecule has 2 aliphatic rings. The summed E-state index contributed by atoms with van der Waals surface area (Å²) in [4.78, 5) is 0. The van der Waals surface area contributed by atoms with Crippen molar-refractivity contribution in [3.8, 4) is 5.75 Å². The molecule has 1 fully saturated rings. The smallest absolute Gasteiger partial charge is 0.119 e. The zero-order valence-corrected chi connectivity index (χ0v) is 16.9. The molecule has 4 rings (SSSR count). The summed E-state index contributed by atoms with van der Waals surface area (Å²) in [5.41, 5.74) is 4.39. The molecular weight excluding hydrogens is 344 g/mol. The van der Waals surface area contributed by atoms with Gasteiger partial charge < -0.3 is 14.6 Å². The molecule has 0 saturated heterocycles. The van der Waals surface area contributed by atoms with Crippen molar-refractivity contribution < 1.29 is 4.74 Å². The van der Waals surface area contributed by atoms with E-state index in [1.807, 2.05) is 0 Å². The average molecular weight is 376 g/mol. The predicted molar refractivity (Wildman–Crippen MR) is 111 cm³/mol. The quantitative estimate of drug-likeness (QED) is 0.726. The Morgan fingerprint density at radius 2 is 2.04 bits per heavy atom. The third-order valence-electron chi connectivity index (χ3n) is 6.21. The van der Waals surface area contributed by atoms with Gasteiger partial charge in [0.05, 0.1) is 7.11 Å². The van der Waals surface area contributed by atoms with E-state index >= 15 is 0 Å². The molecule has 2 heterocycles. The predicted octanol–water partition coefficient (Wildman–Crippen LogP) is 5.45. The third-order valence-corrected chi connectivity index (χ3v) is 6.21. The van der Waals surface area contributed by atoms with Crippen LogP contribution in [0.15, 0.2) is 18.2 Å². The van der Waals surface area contributed by atoms with Crippen LogP contribution in [0.3, 0.4) is 0 Å². The summed E-state index contributed by atoms with van der Waals surface area (Å²) in [5.74, 6) is 1.81. The first-order valence-corrected chi connectivity index (χ1v) is 10.0. The van der Waals surface area contributed by atoms with Crippen molar-refractivity contribution in [1.82, 2.24) is 9.88 Å². The minimum Gasteiger partial charge on any atom is -0.497 e. The molecule has 143 valence electrons. The van der Waals surface area contributed by atoms with E-state index in [4.69, 9.17) is 4.74 Å². The largest absolute Gasteiger partial charge is 0.497 e. The van der Waals surface area contributed by atoms with Crippen molar-refractivity contribution >= 4 is 23.3 Å². The van der Waals surface area contributed by atoms with Crippen LogP contribution in [0.5, 0.6) is 5.75 Å². The fourth-order valence-electron chi connectivity index (χ4n) is 4.89. The summed E-state index contributed by atoms with van der Waals surface area (Å²) in [6, 6.07) is 6.90. The van der Waals surface area contributed by atoms with Gasteiger partial charge in [-0.3, -0.25) is 0 Å².